The minimum Gasteiger partial charge on any atom is -0.480 e. The van der Waals surface area contributed by atoms with Crippen LogP contribution < -0.4 is 5.32 Å². The number of carboxylic acid groups (broad SMARTS) is 1. The van der Waals surface area contributed by atoms with E-state index in [0.717, 1.165) is 0 Å². The molecule has 0 aromatic heterocycles. The molecule has 1 unspecified atom stereocenters. The van der Waals surface area contributed by atoms with E-state index < -0.39 is 12.0 Å². The standard InChI is InChI=1S/C14H18FNO3S/c1-9(2)13(14(18)19)16-12(17)7-8-20-11-6-4-3-5-10(11)15/h3-6,9,13H,7-8H2,1-2H3,(H,16,17)(H,18,19). The number of hydrogen-bond donors (Lipinski definition) is 2. The molecule has 1 atom stereocenters. The summed E-state index contributed by atoms with van der Waals surface area (Å²) in [6.45, 7) is 3.46. The van der Waals surface area contributed by atoms with Crippen molar-refractivity contribution in [2.45, 2.75) is 31.2 Å². The molecule has 4 nitrogen and oxygen atoms in total. The van der Waals surface area contributed by atoms with Crippen LogP contribution in [0.15, 0.2) is 29.2 Å². The number of amides is 1. The van der Waals surface area contributed by atoms with Gasteiger partial charge in [0.2, 0.25) is 5.91 Å². The number of thioether (sulfide) groups is 1. The fourth-order valence-electron chi connectivity index (χ4n) is 1.57. The smallest absolute Gasteiger partial charge is 0.326 e. The fourth-order valence-corrected chi connectivity index (χ4v) is 2.46. The van der Waals surface area contributed by atoms with Crippen LogP contribution in [0.3, 0.4) is 0 Å². The van der Waals surface area contributed by atoms with Crippen molar-refractivity contribution in [3.63, 3.8) is 0 Å². The number of carbonyl (C=O) groups is 2. The van der Waals surface area contributed by atoms with Crippen molar-refractivity contribution >= 4 is 23.6 Å². The molecule has 0 aliphatic rings. The first-order valence-electron chi connectivity index (χ1n) is 6.31. The Morgan fingerprint density at radius 3 is 2.55 bits per heavy atom. The van der Waals surface area contributed by atoms with Crippen molar-refractivity contribution < 1.29 is 19.1 Å². The average molecular weight is 299 g/mol. The highest BCUT2D eigenvalue weighted by atomic mass is 32.2. The topological polar surface area (TPSA) is 66.4 Å². The van der Waals surface area contributed by atoms with Gasteiger partial charge in [0.25, 0.3) is 0 Å². The number of carbonyl (C=O) groups excluding carboxylic acids is 1. The van der Waals surface area contributed by atoms with Gasteiger partial charge in [-0.05, 0) is 18.1 Å². The normalized spacial score (nSPS) is 12.2. The Kier molecular flexibility index (Phi) is 6.51. The van der Waals surface area contributed by atoms with E-state index in [0.29, 0.717) is 10.6 Å². The summed E-state index contributed by atoms with van der Waals surface area (Å²) < 4.78 is 13.3. The van der Waals surface area contributed by atoms with E-state index in [-0.39, 0.29) is 24.1 Å². The van der Waals surface area contributed by atoms with E-state index in [9.17, 15) is 14.0 Å². The minimum absolute atomic E-state index is 0.148. The highest BCUT2D eigenvalue weighted by Gasteiger charge is 2.23. The molecule has 20 heavy (non-hydrogen) atoms. The molecule has 2 N–H and O–H groups in total. The summed E-state index contributed by atoms with van der Waals surface area (Å²) in [7, 11) is 0. The Hall–Kier alpha value is -1.56. The molecule has 0 saturated heterocycles. The second-order valence-electron chi connectivity index (χ2n) is 4.66. The molecule has 1 aromatic rings. The summed E-state index contributed by atoms with van der Waals surface area (Å²) in [5, 5.41) is 11.4. The fraction of sp³-hybridized carbons (Fsp3) is 0.429. The van der Waals surface area contributed by atoms with Gasteiger partial charge in [0.1, 0.15) is 11.9 Å². The van der Waals surface area contributed by atoms with E-state index in [4.69, 9.17) is 5.11 Å². The van der Waals surface area contributed by atoms with Gasteiger partial charge in [-0.1, -0.05) is 26.0 Å². The van der Waals surface area contributed by atoms with E-state index in [2.05, 4.69) is 5.32 Å². The second-order valence-corrected chi connectivity index (χ2v) is 5.79. The molecule has 0 fully saturated rings. The number of benzene rings is 1. The van der Waals surface area contributed by atoms with E-state index in [1.165, 1.54) is 17.8 Å². The first-order chi connectivity index (χ1) is 9.41. The summed E-state index contributed by atoms with van der Waals surface area (Å²) in [5.41, 5.74) is 0. The van der Waals surface area contributed by atoms with Crippen molar-refractivity contribution in [2.24, 2.45) is 5.92 Å². The summed E-state index contributed by atoms with van der Waals surface area (Å²) in [5.74, 6) is -1.48. The quantitative estimate of drug-likeness (QED) is 0.759. The van der Waals surface area contributed by atoms with E-state index >= 15 is 0 Å². The zero-order chi connectivity index (χ0) is 15.1. The number of rotatable bonds is 7. The maximum absolute atomic E-state index is 13.3. The molecule has 110 valence electrons. The van der Waals surface area contributed by atoms with Crippen molar-refractivity contribution in [1.29, 1.82) is 0 Å². The number of halogens is 1. The SMILES string of the molecule is CC(C)C(NC(=O)CCSc1ccccc1F)C(=O)O. The zero-order valence-electron chi connectivity index (χ0n) is 11.4. The summed E-state index contributed by atoms with van der Waals surface area (Å²) in [6, 6.07) is 5.45. The average Bonchev–Trinajstić information content (AvgIpc) is 2.37. The summed E-state index contributed by atoms with van der Waals surface area (Å²) in [4.78, 5) is 23.1. The van der Waals surface area contributed by atoms with Crippen molar-refractivity contribution in [3.8, 4) is 0 Å². The predicted molar refractivity (Wildman–Crippen MR) is 76.1 cm³/mol. The van der Waals surface area contributed by atoms with E-state index in [1.807, 2.05) is 0 Å². The molecule has 6 heteroatoms. The molecule has 0 spiro atoms. The maximum atomic E-state index is 13.3. The van der Waals surface area contributed by atoms with Crippen molar-refractivity contribution in [1.82, 2.24) is 5.32 Å². The van der Waals surface area contributed by atoms with Crippen molar-refractivity contribution in [2.75, 3.05) is 5.75 Å². The number of aliphatic carboxylic acids is 1. The van der Waals surface area contributed by atoms with Crippen LogP contribution in [0.2, 0.25) is 0 Å². The summed E-state index contributed by atoms with van der Waals surface area (Å²) in [6.07, 6.45) is 0.148. The van der Waals surface area contributed by atoms with Gasteiger partial charge in [-0.15, -0.1) is 11.8 Å². The summed E-state index contributed by atoms with van der Waals surface area (Å²) >= 11 is 1.24. The van der Waals surface area contributed by atoms with Crippen LogP contribution in [0.1, 0.15) is 20.3 Å². The Morgan fingerprint density at radius 1 is 1.35 bits per heavy atom. The van der Waals surface area contributed by atoms with Gasteiger partial charge in [-0.2, -0.15) is 0 Å². The third kappa shape index (κ3) is 5.21. The van der Waals surface area contributed by atoms with Gasteiger partial charge in [-0.25, -0.2) is 9.18 Å². The molecule has 0 radical (unpaired) electrons. The van der Waals surface area contributed by atoms with Crippen LogP contribution in [-0.4, -0.2) is 28.8 Å². The second kappa shape index (κ2) is 7.89. The monoisotopic (exact) mass is 299 g/mol. The lowest BCUT2D eigenvalue weighted by Crippen LogP contribution is -2.44. The van der Waals surface area contributed by atoms with Crippen molar-refractivity contribution in [3.05, 3.63) is 30.1 Å². The molecule has 1 aromatic carbocycles. The van der Waals surface area contributed by atoms with Gasteiger partial charge in [0.15, 0.2) is 0 Å². The van der Waals surface area contributed by atoms with Crippen LogP contribution in [0.25, 0.3) is 0 Å². The lowest BCUT2D eigenvalue weighted by molar-refractivity contribution is -0.143. The Morgan fingerprint density at radius 2 is 2.00 bits per heavy atom. The number of hydrogen-bond acceptors (Lipinski definition) is 3. The van der Waals surface area contributed by atoms with Gasteiger partial charge in [0, 0.05) is 17.1 Å². The van der Waals surface area contributed by atoms with Crippen LogP contribution in [0.5, 0.6) is 0 Å². The molecule has 0 heterocycles. The maximum Gasteiger partial charge on any atom is 0.326 e. The zero-order valence-corrected chi connectivity index (χ0v) is 12.2. The minimum atomic E-state index is -1.05. The third-order valence-electron chi connectivity index (χ3n) is 2.67. The van der Waals surface area contributed by atoms with Crippen LogP contribution in [-0.2, 0) is 9.59 Å². The predicted octanol–water partition coefficient (Wildman–Crippen LogP) is 2.53. The molecule has 1 amide bonds. The molecule has 1 rings (SSSR count). The van der Waals surface area contributed by atoms with Gasteiger partial charge in [0.05, 0.1) is 0 Å². The number of nitrogens with one attached hydrogen (secondary N) is 1. The molecule has 0 aliphatic carbocycles. The van der Waals surface area contributed by atoms with Crippen LogP contribution >= 0.6 is 11.8 Å². The van der Waals surface area contributed by atoms with Crippen LogP contribution in [0.4, 0.5) is 4.39 Å². The largest absolute Gasteiger partial charge is 0.480 e. The lowest BCUT2D eigenvalue weighted by Gasteiger charge is -2.17. The highest BCUT2D eigenvalue weighted by Crippen LogP contribution is 2.21. The van der Waals surface area contributed by atoms with Crippen LogP contribution in [0, 0.1) is 11.7 Å². The molecular formula is C14H18FNO3S. The molecule has 0 bridgehead atoms. The first-order valence-corrected chi connectivity index (χ1v) is 7.30. The lowest BCUT2D eigenvalue weighted by atomic mass is 10.0. The van der Waals surface area contributed by atoms with Gasteiger partial charge in [-0.3, -0.25) is 4.79 Å². The van der Waals surface area contributed by atoms with E-state index in [1.54, 1.807) is 32.0 Å². The molecule has 0 aliphatic heterocycles. The Labute approximate surface area is 121 Å². The highest BCUT2D eigenvalue weighted by molar-refractivity contribution is 7.99. The first kappa shape index (κ1) is 16.5. The third-order valence-corrected chi connectivity index (χ3v) is 3.72. The Balaban J connectivity index is 2.40. The molecule has 0 saturated carbocycles. The van der Waals surface area contributed by atoms with Gasteiger partial charge < -0.3 is 10.4 Å². The number of carboxylic acids is 1. The molecular weight excluding hydrogens is 281 g/mol. The Bertz CT molecular complexity index is 479. The van der Waals surface area contributed by atoms with Gasteiger partial charge >= 0.3 is 5.97 Å².